The molecule has 3 aromatic carbocycles. The van der Waals surface area contributed by atoms with Gasteiger partial charge < -0.3 is 15.5 Å². The molecule has 2 fully saturated rings. The standard InChI is InChI=1S/C29H30Cl3N3O/c30-23-4-1-3-21(15-23)20-7-9-22(10-8-20)29(11-13-35(14-12-29)27-5-2-6-27)19-33-28(36)34-26-17-24(31)16-25(32)18-26/h1,3-4,7-10,15-18,27H,2,5-6,11-14,19H2,(H2,33,34,36). The Balaban J connectivity index is 1.33. The van der Waals surface area contributed by atoms with E-state index in [0.29, 0.717) is 22.3 Å². The number of likely N-dealkylation sites (tertiary alicyclic amines) is 1. The minimum absolute atomic E-state index is 0.129. The van der Waals surface area contributed by atoms with Crippen molar-refractivity contribution < 1.29 is 4.79 Å². The van der Waals surface area contributed by atoms with Crippen LogP contribution >= 0.6 is 34.8 Å². The molecular weight excluding hydrogens is 513 g/mol. The third kappa shape index (κ3) is 5.84. The van der Waals surface area contributed by atoms with Crippen LogP contribution in [0.2, 0.25) is 15.1 Å². The summed E-state index contributed by atoms with van der Waals surface area (Å²) in [6, 6.07) is 22.2. The predicted octanol–water partition coefficient (Wildman–Crippen LogP) is 8.02. The van der Waals surface area contributed by atoms with Gasteiger partial charge in [-0.3, -0.25) is 0 Å². The fourth-order valence-electron chi connectivity index (χ4n) is 5.37. The van der Waals surface area contributed by atoms with E-state index in [1.165, 1.54) is 24.8 Å². The number of nitrogens with one attached hydrogen (secondary N) is 2. The van der Waals surface area contributed by atoms with Gasteiger partial charge in [0.2, 0.25) is 0 Å². The molecule has 3 aromatic rings. The molecule has 2 amide bonds. The van der Waals surface area contributed by atoms with Crippen LogP contribution in [0.4, 0.5) is 10.5 Å². The van der Waals surface area contributed by atoms with Gasteiger partial charge in [-0.15, -0.1) is 0 Å². The normalized spacial score (nSPS) is 17.9. The van der Waals surface area contributed by atoms with Crippen LogP contribution in [-0.4, -0.2) is 36.6 Å². The van der Waals surface area contributed by atoms with Crippen molar-refractivity contribution in [1.82, 2.24) is 10.2 Å². The molecule has 36 heavy (non-hydrogen) atoms. The van der Waals surface area contributed by atoms with Gasteiger partial charge in [0.05, 0.1) is 0 Å². The molecule has 1 aliphatic heterocycles. The lowest BCUT2D eigenvalue weighted by atomic mass is 9.71. The smallest absolute Gasteiger partial charge is 0.319 e. The zero-order valence-electron chi connectivity index (χ0n) is 20.1. The van der Waals surface area contributed by atoms with Crippen LogP contribution in [0.1, 0.15) is 37.7 Å². The number of piperidine rings is 1. The van der Waals surface area contributed by atoms with Crippen molar-refractivity contribution in [3.63, 3.8) is 0 Å². The first-order valence-corrected chi connectivity index (χ1v) is 13.7. The molecule has 0 bridgehead atoms. The first-order valence-electron chi connectivity index (χ1n) is 12.5. The Labute approximate surface area is 227 Å². The molecule has 188 valence electrons. The summed E-state index contributed by atoms with van der Waals surface area (Å²) >= 11 is 18.4. The van der Waals surface area contributed by atoms with Crippen LogP contribution < -0.4 is 10.6 Å². The maximum atomic E-state index is 12.8. The van der Waals surface area contributed by atoms with Gasteiger partial charge in [0.15, 0.2) is 0 Å². The monoisotopic (exact) mass is 541 g/mol. The molecule has 5 rings (SSSR count). The van der Waals surface area contributed by atoms with E-state index in [9.17, 15) is 4.79 Å². The molecule has 0 radical (unpaired) electrons. The van der Waals surface area contributed by atoms with Gasteiger partial charge in [0.25, 0.3) is 0 Å². The van der Waals surface area contributed by atoms with E-state index < -0.39 is 0 Å². The van der Waals surface area contributed by atoms with Crippen LogP contribution in [0.5, 0.6) is 0 Å². The van der Waals surface area contributed by atoms with Crippen LogP contribution in [0.25, 0.3) is 11.1 Å². The van der Waals surface area contributed by atoms with Gasteiger partial charge in [-0.1, -0.05) is 77.6 Å². The maximum absolute atomic E-state index is 12.8. The van der Waals surface area contributed by atoms with E-state index in [1.807, 2.05) is 18.2 Å². The zero-order chi connectivity index (χ0) is 25.1. The first kappa shape index (κ1) is 25.4. The molecule has 1 aliphatic carbocycles. The van der Waals surface area contributed by atoms with Crippen molar-refractivity contribution in [3.05, 3.63) is 87.4 Å². The average molecular weight is 543 g/mol. The first-order chi connectivity index (χ1) is 17.4. The lowest BCUT2D eigenvalue weighted by Crippen LogP contribution is -2.53. The zero-order valence-corrected chi connectivity index (χ0v) is 22.3. The number of anilines is 1. The maximum Gasteiger partial charge on any atom is 0.319 e. The molecule has 2 aliphatic rings. The van der Waals surface area contributed by atoms with E-state index in [4.69, 9.17) is 34.8 Å². The quantitative estimate of drug-likeness (QED) is 0.331. The molecule has 4 nitrogen and oxygen atoms in total. The number of hydrogen-bond acceptors (Lipinski definition) is 2. The summed E-state index contributed by atoms with van der Waals surface area (Å²) in [6.45, 7) is 2.66. The Kier molecular flexibility index (Phi) is 7.78. The van der Waals surface area contributed by atoms with Crippen molar-refractivity contribution in [3.8, 4) is 11.1 Å². The summed E-state index contributed by atoms with van der Waals surface area (Å²) in [5.74, 6) is 0. The number of halogens is 3. The molecule has 1 saturated heterocycles. The largest absolute Gasteiger partial charge is 0.337 e. The summed E-state index contributed by atoms with van der Waals surface area (Å²) in [7, 11) is 0. The molecule has 0 aromatic heterocycles. The van der Waals surface area contributed by atoms with Crippen LogP contribution in [-0.2, 0) is 5.41 Å². The molecule has 0 atom stereocenters. The van der Waals surface area contributed by atoms with Crippen molar-refractivity contribution >= 4 is 46.5 Å². The minimum Gasteiger partial charge on any atom is -0.337 e. The van der Waals surface area contributed by atoms with E-state index in [-0.39, 0.29) is 11.4 Å². The van der Waals surface area contributed by atoms with E-state index >= 15 is 0 Å². The molecule has 7 heteroatoms. The second-order valence-electron chi connectivity index (χ2n) is 9.95. The predicted molar refractivity (Wildman–Crippen MR) is 150 cm³/mol. The number of benzene rings is 3. The van der Waals surface area contributed by atoms with Gasteiger partial charge in [0, 0.05) is 38.8 Å². The summed E-state index contributed by atoms with van der Waals surface area (Å²) in [4.78, 5) is 15.5. The van der Waals surface area contributed by atoms with Crippen molar-refractivity contribution in [1.29, 1.82) is 0 Å². The Morgan fingerprint density at radius 2 is 1.56 bits per heavy atom. The fourth-order valence-corrected chi connectivity index (χ4v) is 6.09. The molecule has 1 saturated carbocycles. The van der Waals surface area contributed by atoms with Crippen LogP contribution in [0.3, 0.4) is 0 Å². The average Bonchev–Trinajstić information content (AvgIpc) is 2.82. The molecule has 0 spiro atoms. The fraction of sp³-hybridized carbons (Fsp3) is 0.345. The van der Waals surface area contributed by atoms with Gasteiger partial charge in [0.1, 0.15) is 0 Å². The number of carbonyl (C=O) groups is 1. The van der Waals surface area contributed by atoms with E-state index in [2.05, 4.69) is 45.9 Å². The van der Waals surface area contributed by atoms with E-state index in [1.54, 1.807) is 18.2 Å². The SMILES string of the molecule is O=C(NCC1(c2ccc(-c3cccc(Cl)c3)cc2)CCN(C2CCC2)CC1)Nc1cc(Cl)cc(Cl)c1. The van der Waals surface area contributed by atoms with Crippen LogP contribution in [0, 0.1) is 0 Å². The number of carbonyl (C=O) groups excluding carboxylic acids is 1. The lowest BCUT2D eigenvalue weighted by molar-refractivity contribution is 0.0728. The Hall–Kier alpha value is -2.24. The third-order valence-electron chi connectivity index (χ3n) is 7.71. The highest BCUT2D eigenvalue weighted by Crippen LogP contribution is 2.39. The Morgan fingerprint density at radius 3 is 2.17 bits per heavy atom. The van der Waals surface area contributed by atoms with Crippen LogP contribution in [0.15, 0.2) is 66.7 Å². The second kappa shape index (κ2) is 11.0. The number of nitrogens with zero attached hydrogens (tertiary/aromatic N) is 1. The highest BCUT2D eigenvalue weighted by molar-refractivity contribution is 6.35. The van der Waals surface area contributed by atoms with Gasteiger partial charge in [-0.05, 0) is 85.8 Å². The summed E-state index contributed by atoms with van der Waals surface area (Å²) < 4.78 is 0. The van der Waals surface area contributed by atoms with E-state index in [0.717, 1.165) is 48.1 Å². The molecule has 1 heterocycles. The van der Waals surface area contributed by atoms with Gasteiger partial charge >= 0.3 is 6.03 Å². The molecule has 0 unspecified atom stereocenters. The van der Waals surface area contributed by atoms with Crippen molar-refractivity contribution in [2.24, 2.45) is 0 Å². The minimum atomic E-state index is -0.260. The summed E-state index contributed by atoms with van der Waals surface area (Å²) in [5, 5.41) is 7.70. The third-order valence-corrected chi connectivity index (χ3v) is 8.38. The van der Waals surface area contributed by atoms with Gasteiger partial charge in [-0.25, -0.2) is 4.79 Å². The van der Waals surface area contributed by atoms with Crippen molar-refractivity contribution in [2.45, 2.75) is 43.6 Å². The number of rotatable bonds is 6. The highest BCUT2D eigenvalue weighted by Gasteiger charge is 2.39. The summed E-state index contributed by atoms with van der Waals surface area (Å²) in [6.07, 6.45) is 5.97. The van der Waals surface area contributed by atoms with Gasteiger partial charge in [-0.2, -0.15) is 0 Å². The number of hydrogen-bond donors (Lipinski definition) is 2. The van der Waals surface area contributed by atoms with Crippen molar-refractivity contribution in [2.75, 3.05) is 25.0 Å². The Morgan fingerprint density at radius 1 is 0.861 bits per heavy atom. The second-order valence-corrected chi connectivity index (χ2v) is 11.3. The number of amides is 2. The molecular formula is C29H30Cl3N3O. The Bertz CT molecular complexity index is 1200. The molecule has 2 N–H and O–H groups in total. The lowest BCUT2D eigenvalue weighted by Gasteiger charge is -2.47. The topological polar surface area (TPSA) is 44.4 Å². The summed E-state index contributed by atoms with van der Waals surface area (Å²) in [5.41, 5.74) is 3.93. The highest BCUT2D eigenvalue weighted by atomic mass is 35.5. The number of urea groups is 1.